The summed E-state index contributed by atoms with van der Waals surface area (Å²) < 4.78 is 11.1. The van der Waals surface area contributed by atoms with Crippen LogP contribution in [0, 0.1) is 0 Å². The van der Waals surface area contributed by atoms with Gasteiger partial charge in [-0.3, -0.25) is 10.1 Å². The number of anilines is 1. The number of benzene rings is 2. The molecule has 0 unspecified atom stereocenters. The van der Waals surface area contributed by atoms with Crippen LogP contribution in [0.3, 0.4) is 0 Å². The fourth-order valence-corrected chi connectivity index (χ4v) is 2.71. The van der Waals surface area contributed by atoms with Gasteiger partial charge >= 0.3 is 6.01 Å². The lowest BCUT2D eigenvalue weighted by molar-refractivity contribution is 0.0953. The van der Waals surface area contributed by atoms with E-state index < -0.39 is 5.91 Å². The Bertz CT molecular complexity index is 1110. The molecule has 2 aromatic heterocycles. The van der Waals surface area contributed by atoms with E-state index in [2.05, 4.69) is 20.6 Å². The number of carbonyl (C=O) groups excluding carboxylic acids is 1. The first kappa shape index (κ1) is 17.6. The number of para-hydroxylation sites is 1. The molecule has 7 nitrogen and oxygen atoms in total. The highest BCUT2D eigenvalue weighted by Gasteiger charge is 2.13. The van der Waals surface area contributed by atoms with Crippen molar-refractivity contribution in [2.45, 2.75) is 0 Å². The van der Waals surface area contributed by atoms with Crippen LogP contribution in [0.2, 0.25) is 0 Å². The summed E-state index contributed by atoms with van der Waals surface area (Å²) in [6.07, 6.45) is 3.18. The average Bonchev–Trinajstić information content (AvgIpc) is 3.13. The number of rotatable bonds is 4. The molecule has 0 aliphatic rings. The second-order valence-corrected chi connectivity index (χ2v) is 6.13. The van der Waals surface area contributed by atoms with Crippen molar-refractivity contribution in [2.75, 3.05) is 5.32 Å². The first-order valence-corrected chi connectivity index (χ1v) is 8.74. The molecule has 0 aliphatic carbocycles. The second kappa shape index (κ2) is 7.85. The smallest absolute Gasteiger partial charge is 0.321 e. The van der Waals surface area contributed by atoms with Crippen molar-refractivity contribution in [3.8, 4) is 11.8 Å². The zero-order valence-electron chi connectivity index (χ0n) is 14.5. The minimum atomic E-state index is -0.432. The van der Waals surface area contributed by atoms with Gasteiger partial charge in [-0.1, -0.05) is 24.3 Å². The Morgan fingerprint density at radius 1 is 1.00 bits per heavy atom. The third kappa shape index (κ3) is 4.13. The number of ether oxygens (including phenoxy) is 1. The number of aromatic nitrogens is 2. The van der Waals surface area contributed by atoms with Crippen molar-refractivity contribution in [2.24, 2.45) is 0 Å². The third-order valence-electron chi connectivity index (χ3n) is 3.72. The zero-order chi connectivity index (χ0) is 19.3. The molecule has 0 fully saturated rings. The van der Waals surface area contributed by atoms with Gasteiger partial charge in [0.1, 0.15) is 11.3 Å². The maximum atomic E-state index is 12.3. The highest BCUT2D eigenvalue weighted by molar-refractivity contribution is 7.80. The molecule has 1 amide bonds. The van der Waals surface area contributed by atoms with Crippen LogP contribution in [0.4, 0.5) is 5.69 Å². The predicted octanol–water partition coefficient (Wildman–Crippen LogP) is 4.14. The predicted molar refractivity (Wildman–Crippen MR) is 108 cm³/mol. The molecule has 0 radical (unpaired) electrons. The number of nitrogens with one attached hydrogen (secondary N) is 2. The van der Waals surface area contributed by atoms with Crippen LogP contribution in [0.5, 0.6) is 11.8 Å². The van der Waals surface area contributed by atoms with E-state index in [4.69, 9.17) is 21.4 Å². The number of fused-ring (bicyclic) bond motifs is 1. The molecule has 8 heteroatoms. The van der Waals surface area contributed by atoms with Gasteiger partial charge in [-0.15, -0.1) is 0 Å². The van der Waals surface area contributed by atoms with E-state index in [1.807, 2.05) is 18.2 Å². The van der Waals surface area contributed by atoms with Gasteiger partial charge < -0.3 is 14.5 Å². The van der Waals surface area contributed by atoms with Gasteiger partial charge in [-0.2, -0.15) is 0 Å². The molecule has 0 aliphatic heterocycles. The maximum absolute atomic E-state index is 12.3. The summed E-state index contributed by atoms with van der Waals surface area (Å²) in [6.45, 7) is 0. The number of thiocarbonyl (C=S) groups is 1. The Kier molecular flexibility index (Phi) is 4.94. The highest BCUT2D eigenvalue weighted by atomic mass is 32.1. The van der Waals surface area contributed by atoms with E-state index in [-0.39, 0.29) is 16.9 Å². The number of nitrogens with zero attached hydrogens (tertiary/aromatic N) is 2. The Balaban J connectivity index is 1.40. The first-order chi connectivity index (χ1) is 13.7. The lowest BCUT2D eigenvalue weighted by Crippen LogP contribution is -2.33. The van der Waals surface area contributed by atoms with Crippen molar-refractivity contribution in [3.63, 3.8) is 0 Å². The molecule has 4 aromatic rings. The monoisotopic (exact) mass is 390 g/mol. The fraction of sp³-hybridized carbons (Fsp3) is 0. The summed E-state index contributed by atoms with van der Waals surface area (Å²) in [5.74, 6) is 0.282. The quantitative estimate of drug-likeness (QED) is 0.506. The van der Waals surface area contributed by atoms with Crippen LogP contribution in [0.25, 0.3) is 11.0 Å². The SMILES string of the molecule is O=C(NC(=S)Nc1cccc(Oc2ncccn2)c1)c1cc2ccccc2o1. The minimum absolute atomic E-state index is 0.138. The first-order valence-electron chi connectivity index (χ1n) is 8.33. The summed E-state index contributed by atoms with van der Waals surface area (Å²) in [7, 11) is 0. The molecule has 4 rings (SSSR count). The Morgan fingerprint density at radius 3 is 2.64 bits per heavy atom. The lowest BCUT2D eigenvalue weighted by Gasteiger charge is -2.10. The number of hydrogen-bond acceptors (Lipinski definition) is 6. The molecule has 0 spiro atoms. The standard InChI is InChI=1S/C20H14N4O3S/c25-18(17-11-13-5-1-2-8-16(13)27-17)24-20(28)23-14-6-3-7-15(12-14)26-19-21-9-4-10-22-19/h1-12H,(H2,23,24,25,28). The van der Waals surface area contributed by atoms with Gasteiger partial charge in [0.25, 0.3) is 5.91 Å². The molecular weight excluding hydrogens is 376 g/mol. The summed E-state index contributed by atoms with van der Waals surface area (Å²) in [6, 6.07) is 18.0. The van der Waals surface area contributed by atoms with Crippen molar-refractivity contribution in [1.82, 2.24) is 15.3 Å². The minimum Gasteiger partial charge on any atom is -0.451 e. The van der Waals surface area contributed by atoms with Gasteiger partial charge in [0.05, 0.1) is 0 Å². The highest BCUT2D eigenvalue weighted by Crippen LogP contribution is 2.21. The van der Waals surface area contributed by atoms with E-state index in [9.17, 15) is 4.79 Å². The fourth-order valence-electron chi connectivity index (χ4n) is 2.50. The van der Waals surface area contributed by atoms with E-state index in [1.54, 1.807) is 54.9 Å². The number of furan rings is 1. The van der Waals surface area contributed by atoms with Crippen molar-refractivity contribution >= 4 is 39.9 Å². The molecule has 0 atom stereocenters. The third-order valence-corrected chi connectivity index (χ3v) is 3.92. The summed E-state index contributed by atoms with van der Waals surface area (Å²) in [5.41, 5.74) is 1.28. The van der Waals surface area contributed by atoms with Crippen LogP contribution < -0.4 is 15.4 Å². The van der Waals surface area contributed by atoms with E-state index in [1.165, 1.54) is 0 Å². The van der Waals surface area contributed by atoms with Gasteiger partial charge in [0.2, 0.25) is 0 Å². The topological polar surface area (TPSA) is 89.3 Å². The van der Waals surface area contributed by atoms with Crippen LogP contribution in [-0.4, -0.2) is 21.0 Å². The second-order valence-electron chi connectivity index (χ2n) is 5.72. The van der Waals surface area contributed by atoms with Gasteiger partial charge in [-0.25, -0.2) is 9.97 Å². The molecule has 2 aromatic carbocycles. The lowest BCUT2D eigenvalue weighted by atomic mass is 10.2. The van der Waals surface area contributed by atoms with Crippen LogP contribution in [0.15, 0.2) is 77.5 Å². The van der Waals surface area contributed by atoms with Crippen LogP contribution in [0.1, 0.15) is 10.6 Å². The average molecular weight is 390 g/mol. The van der Waals surface area contributed by atoms with E-state index in [0.29, 0.717) is 17.0 Å². The Labute approximate surface area is 165 Å². The number of carbonyl (C=O) groups is 1. The number of hydrogen-bond donors (Lipinski definition) is 2. The molecule has 138 valence electrons. The van der Waals surface area contributed by atoms with Crippen molar-refractivity contribution in [3.05, 3.63) is 78.8 Å². The van der Waals surface area contributed by atoms with Crippen molar-refractivity contribution < 1.29 is 13.9 Å². The molecule has 2 N–H and O–H groups in total. The zero-order valence-corrected chi connectivity index (χ0v) is 15.3. The van der Waals surface area contributed by atoms with Gasteiger partial charge in [0.15, 0.2) is 10.9 Å². The van der Waals surface area contributed by atoms with Crippen molar-refractivity contribution in [1.29, 1.82) is 0 Å². The molecule has 0 saturated heterocycles. The maximum Gasteiger partial charge on any atom is 0.321 e. The number of amides is 1. The molecular formula is C20H14N4O3S. The summed E-state index contributed by atoms with van der Waals surface area (Å²) in [4.78, 5) is 20.4. The van der Waals surface area contributed by atoms with Gasteiger partial charge in [-0.05, 0) is 42.5 Å². The normalized spacial score (nSPS) is 10.4. The van der Waals surface area contributed by atoms with Crippen LogP contribution in [-0.2, 0) is 0 Å². The Morgan fingerprint density at radius 2 is 1.82 bits per heavy atom. The summed E-state index contributed by atoms with van der Waals surface area (Å²) in [5, 5.41) is 6.52. The Hall–Kier alpha value is -3.78. The molecule has 0 saturated carbocycles. The van der Waals surface area contributed by atoms with Gasteiger partial charge in [0, 0.05) is 29.5 Å². The van der Waals surface area contributed by atoms with E-state index >= 15 is 0 Å². The molecule has 28 heavy (non-hydrogen) atoms. The van der Waals surface area contributed by atoms with E-state index in [0.717, 1.165) is 5.39 Å². The molecule has 0 bridgehead atoms. The largest absolute Gasteiger partial charge is 0.451 e. The van der Waals surface area contributed by atoms with Crippen LogP contribution >= 0.6 is 12.2 Å². The molecule has 2 heterocycles. The summed E-state index contributed by atoms with van der Waals surface area (Å²) >= 11 is 5.22.